The minimum atomic E-state index is -0.505. The molecule has 0 spiro atoms. The molecule has 0 aliphatic heterocycles. The number of hydrogen-bond acceptors (Lipinski definition) is 2. The van der Waals surface area contributed by atoms with Crippen LogP contribution in [-0.2, 0) is 5.41 Å². The van der Waals surface area contributed by atoms with Gasteiger partial charge < -0.3 is 9.32 Å². The molecule has 2 heteroatoms. The first-order valence-corrected chi connectivity index (χ1v) is 17.3. The van der Waals surface area contributed by atoms with E-state index in [0.29, 0.717) is 0 Å². The van der Waals surface area contributed by atoms with E-state index in [1.807, 2.05) is 0 Å². The summed E-state index contributed by atoms with van der Waals surface area (Å²) in [7, 11) is 0. The molecule has 1 aromatic heterocycles. The van der Waals surface area contributed by atoms with Gasteiger partial charge in [-0.15, -0.1) is 0 Å². The predicted octanol–water partition coefficient (Wildman–Crippen LogP) is 13.2. The third kappa shape index (κ3) is 4.22. The van der Waals surface area contributed by atoms with E-state index in [0.717, 1.165) is 44.6 Å². The van der Waals surface area contributed by atoms with Gasteiger partial charge in [-0.25, -0.2) is 0 Å². The maximum atomic E-state index is 6.97. The lowest BCUT2D eigenvalue weighted by atomic mass is 9.72. The summed E-state index contributed by atoms with van der Waals surface area (Å²) < 4.78 is 6.97. The van der Waals surface area contributed by atoms with Gasteiger partial charge in [0.25, 0.3) is 0 Å². The zero-order valence-corrected chi connectivity index (χ0v) is 27.7. The number of para-hydroxylation sites is 1. The van der Waals surface area contributed by atoms with Crippen molar-refractivity contribution in [3.63, 3.8) is 0 Å². The third-order valence-corrected chi connectivity index (χ3v) is 10.7. The largest absolute Gasteiger partial charge is 0.456 e. The van der Waals surface area contributed by atoms with Gasteiger partial charge >= 0.3 is 0 Å². The highest BCUT2D eigenvalue weighted by Crippen LogP contribution is 2.57. The molecule has 0 atom stereocenters. The lowest BCUT2D eigenvalue weighted by Gasteiger charge is -2.35. The van der Waals surface area contributed by atoms with Crippen LogP contribution < -0.4 is 4.90 Å². The molecule has 8 aromatic carbocycles. The number of hydrogen-bond donors (Lipinski definition) is 0. The highest BCUT2D eigenvalue weighted by Gasteiger charge is 2.44. The van der Waals surface area contributed by atoms with E-state index in [2.05, 4.69) is 194 Å². The fourth-order valence-electron chi connectivity index (χ4n) is 8.35. The van der Waals surface area contributed by atoms with Crippen LogP contribution in [0.4, 0.5) is 17.1 Å². The topological polar surface area (TPSA) is 16.4 Å². The van der Waals surface area contributed by atoms with Gasteiger partial charge in [0.2, 0.25) is 0 Å². The molecule has 9 aromatic rings. The van der Waals surface area contributed by atoms with Gasteiger partial charge in [-0.05, 0) is 93.5 Å². The zero-order valence-electron chi connectivity index (χ0n) is 27.7. The molecule has 0 radical (unpaired) electrons. The molecule has 1 aliphatic rings. The Morgan fingerprint density at radius 2 is 1.06 bits per heavy atom. The first-order chi connectivity index (χ1) is 24.7. The molecule has 0 N–H and O–H groups in total. The van der Waals surface area contributed by atoms with E-state index in [1.165, 1.54) is 44.2 Å². The van der Waals surface area contributed by atoms with Crippen molar-refractivity contribution >= 4 is 49.8 Å². The number of benzene rings is 8. The summed E-state index contributed by atoms with van der Waals surface area (Å²) in [5.74, 6) is 0. The molecule has 50 heavy (non-hydrogen) atoms. The molecule has 0 fully saturated rings. The molecule has 0 amide bonds. The quantitative estimate of drug-likeness (QED) is 0.186. The highest BCUT2D eigenvalue weighted by atomic mass is 16.3. The standard InChI is InChI=1S/C48H33NO/c1-48(42-20-10-7-17-38(42)39-18-8-11-21-43(39)48)46-44(30-29-41-40-19-9-12-22-45(40)50-47(41)46)49(37-28-25-33-15-5-6-16-35(33)31-37)36-26-23-34(24-27-36)32-13-3-2-4-14-32/h2-31H,1H3. The maximum absolute atomic E-state index is 6.97. The Labute approximate surface area is 291 Å². The summed E-state index contributed by atoms with van der Waals surface area (Å²) in [4.78, 5) is 2.43. The van der Waals surface area contributed by atoms with Crippen LogP contribution in [0.25, 0.3) is 55.0 Å². The van der Waals surface area contributed by atoms with Gasteiger partial charge in [-0.2, -0.15) is 0 Å². The monoisotopic (exact) mass is 639 g/mol. The van der Waals surface area contributed by atoms with E-state index < -0.39 is 5.41 Å². The fourth-order valence-corrected chi connectivity index (χ4v) is 8.35. The van der Waals surface area contributed by atoms with Crippen molar-refractivity contribution in [2.45, 2.75) is 12.3 Å². The predicted molar refractivity (Wildman–Crippen MR) is 209 cm³/mol. The summed E-state index contributed by atoms with van der Waals surface area (Å²) in [6, 6.07) is 65.7. The smallest absolute Gasteiger partial charge is 0.141 e. The molecule has 0 bridgehead atoms. The average Bonchev–Trinajstić information content (AvgIpc) is 3.69. The van der Waals surface area contributed by atoms with Crippen molar-refractivity contribution in [3.05, 3.63) is 199 Å². The molecule has 10 rings (SSSR count). The molecular weight excluding hydrogens is 607 g/mol. The Hall–Kier alpha value is -6.38. The zero-order chi connectivity index (χ0) is 33.2. The second-order valence-electron chi connectivity index (χ2n) is 13.4. The molecule has 0 unspecified atom stereocenters. The normalized spacial score (nSPS) is 13.1. The van der Waals surface area contributed by atoms with Crippen LogP contribution in [0.3, 0.4) is 0 Å². The van der Waals surface area contributed by atoms with Crippen molar-refractivity contribution < 1.29 is 4.42 Å². The molecule has 1 aliphatic carbocycles. The van der Waals surface area contributed by atoms with Crippen molar-refractivity contribution in [1.82, 2.24) is 0 Å². The fraction of sp³-hybridized carbons (Fsp3) is 0.0417. The molecular formula is C48H33NO. The molecule has 0 saturated carbocycles. The van der Waals surface area contributed by atoms with Gasteiger partial charge in [-0.1, -0.05) is 140 Å². The van der Waals surface area contributed by atoms with Crippen LogP contribution >= 0.6 is 0 Å². The van der Waals surface area contributed by atoms with Crippen molar-refractivity contribution in [1.29, 1.82) is 0 Å². The number of anilines is 3. The first kappa shape index (κ1) is 28.6. The Bertz CT molecular complexity index is 2670. The van der Waals surface area contributed by atoms with E-state index in [1.54, 1.807) is 0 Å². The van der Waals surface area contributed by atoms with Crippen LogP contribution in [0.2, 0.25) is 0 Å². The highest BCUT2D eigenvalue weighted by molar-refractivity contribution is 6.09. The van der Waals surface area contributed by atoms with Crippen LogP contribution in [0.5, 0.6) is 0 Å². The molecule has 2 nitrogen and oxygen atoms in total. The third-order valence-electron chi connectivity index (χ3n) is 10.7. The van der Waals surface area contributed by atoms with Crippen molar-refractivity contribution in [2.24, 2.45) is 0 Å². The van der Waals surface area contributed by atoms with E-state index in [4.69, 9.17) is 4.42 Å². The van der Waals surface area contributed by atoms with Crippen molar-refractivity contribution in [2.75, 3.05) is 4.90 Å². The molecule has 0 saturated heterocycles. The summed E-state index contributed by atoms with van der Waals surface area (Å²) in [6.07, 6.45) is 0. The van der Waals surface area contributed by atoms with Gasteiger partial charge in [0.1, 0.15) is 11.2 Å². The van der Waals surface area contributed by atoms with Gasteiger partial charge in [0.05, 0.1) is 5.69 Å². The Balaban J connectivity index is 1.31. The average molecular weight is 640 g/mol. The summed E-state index contributed by atoms with van der Waals surface area (Å²) in [5, 5.41) is 4.67. The Kier molecular flexibility index (Phi) is 6.34. The second-order valence-corrected chi connectivity index (χ2v) is 13.4. The van der Waals surface area contributed by atoms with E-state index >= 15 is 0 Å². The van der Waals surface area contributed by atoms with Crippen LogP contribution in [0, 0.1) is 0 Å². The van der Waals surface area contributed by atoms with Crippen molar-refractivity contribution in [3.8, 4) is 22.3 Å². The van der Waals surface area contributed by atoms with Crippen LogP contribution in [0.15, 0.2) is 186 Å². The Morgan fingerprint density at radius 1 is 0.460 bits per heavy atom. The lowest BCUT2D eigenvalue weighted by molar-refractivity contribution is 0.638. The number of furan rings is 1. The summed E-state index contributed by atoms with van der Waals surface area (Å²) in [6.45, 7) is 2.39. The minimum Gasteiger partial charge on any atom is -0.456 e. The number of nitrogens with zero attached hydrogens (tertiary/aromatic N) is 1. The van der Waals surface area contributed by atoms with Crippen LogP contribution in [-0.4, -0.2) is 0 Å². The van der Waals surface area contributed by atoms with Gasteiger partial charge in [0.15, 0.2) is 0 Å². The molecule has 1 heterocycles. The minimum absolute atomic E-state index is 0.505. The lowest BCUT2D eigenvalue weighted by Crippen LogP contribution is -2.26. The Morgan fingerprint density at radius 3 is 1.82 bits per heavy atom. The van der Waals surface area contributed by atoms with Gasteiger partial charge in [0, 0.05) is 33.1 Å². The maximum Gasteiger partial charge on any atom is 0.141 e. The van der Waals surface area contributed by atoms with E-state index in [-0.39, 0.29) is 0 Å². The summed E-state index contributed by atoms with van der Waals surface area (Å²) >= 11 is 0. The SMILES string of the molecule is CC1(c2c(N(c3ccc(-c4ccccc4)cc3)c3ccc4ccccc4c3)ccc3c2oc2ccccc23)c2ccccc2-c2ccccc21. The molecule has 236 valence electrons. The number of fused-ring (bicyclic) bond motifs is 7. The summed E-state index contributed by atoms with van der Waals surface area (Å²) in [5.41, 5.74) is 13.2. The first-order valence-electron chi connectivity index (χ1n) is 17.3. The van der Waals surface area contributed by atoms with Crippen LogP contribution in [0.1, 0.15) is 23.6 Å². The van der Waals surface area contributed by atoms with E-state index in [9.17, 15) is 0 Å². The second kappa shape index (κ2) is 11.1. The number of rotatable bonds is 5. The van der Waals surface area contributed by atoms with Gasteiger partial charge in [-0.3, -0.25) is 0 Å².